The number of hydrogen-bond acceptors (Lipinski definition) is 4. The molecular weight excluding hydrogens is 282 g/mol. The number of amides is 2. The maximum absolute atomic E-state index is 11.9. The standard InChI is InChI=1S/C15H21N5O2/c1-18(2)15(21)20-8-5-11(6-9-20)14-16-13(17-22-14)12-4-7-19(3)10-12/h4,7,10-11H,5-6,8-9H2,1-3H3. The normalized spacial score (nSPS) is 16.0. The van der Waals surface area contributed by atoms with Crippen molar-refractivity contribution in [3.05, 3.63) is 24.4 Å². The molecule has 3 rings (SSSR count). The molecule has 7 nitrogen and oxygen atoms in total. The van der Waals surface area contributed by atoms with Gasteiger partial charge in [0.2, 0.25) is 11.7 Å². The summed E-state index contributed by atoms with van der Waals surface area (Å²) in [6.45, 7) is 1.45. The molecule has 2 aromatic rings. The zero-order valence-electron chi connectivity index (χ0n) is 13.2. The molecule has 7 heteroatoms. The van der Waals surface area contributed by atoms with Gasteiger partial charge in [-0.1, -0.05) is 5.16 Å². The third kappa shape index (κ3) is 2.84. The minimum Gasteiger partial charge on any atom is -0.357 e. The summed E-state index contributed by atoms with van der Waals surface area (Å²) in [6.07, 6.45) is 5.63. The number of piperidine rings is 1. The van der Waals surface area contributed by atoms with Gasteiger partial charge in [0.1, 0.15) is 0 Å². The van der Waals surface area contributed by atoms with E-state index in [0.717, 1.165) is 31.5 Å². The number of rotatable bonds is 2. The molecule has 0 unspecified atom stereocenters. The summed E-state index contributed by atoms with van der Waals surface area (Å²) in [5.74, 6) is 1.54. The minimum absolute atomic E-state index is 0.0638. The Morgan fingerprint density at radius 2 is 2.09 bits per heavy atom. The highest BCUT2D eigenvalue weighted by Crippen LogP contribution is 2.28. The summed E-state index contributed by atoms with van der Waals surface area (Å²) in [6, 6.07) is 2.03. The van der Waals surface area contributed by atoms with E-state index in [9.17, 15) is 4.79 Å². The van der Waals surface area contributed by atoms with E-state index >= 15 is 0 Å². The van der Waals surface area contributed by atoms with Gasteiger partial charge in [-0.2, -0.15) is 4.98 Å². The summed E-state index contributed by atoms with van der Waals surface area (Å²) in [5, 5.41) is 4.07. The van der Waals surface area contributed by atoms with Crippen LogP contribution in [0.3, 0.4) is 0 Å². The van der Waals surface area contributed by atoms with E-state index in [0.29, 0.717) is 11.7 Å². The Kier molecular flexibility index (Phi) is 3.87. The third-order valence-corrected chi connectivity index (χ3v) is 4.03. The van der Waals surface area contributed by atoms with Crippen LogP contribution in [0.5, 0.6) is 0 Å². The molecule has 2 amide bonds. The van der Waals surface area contributed by atoms with Gasteiger partial charge in [-0.3, -0.25) is 0 Å². The van der Waals surface area contributed by atoms with Gasteiger partial charge in [0.15, 0.2) is 0 Å². The SMILES string of the molecule is CN(C)C(=O)N1CCC(c2nc(-c3ccn(C)c3)no2)CC1. The summed E-state index contributed by atoms with van der Waals surface area (Å²) in [7, 11) is 5.51. The summed E-state index contributed by atoms with van der Waals surface area (Å²) < 4.78 is 7.38. The van der Waals surface area contributed by atoms with Crippen molar-refractivity contribution in [2.45, 2.75) is 18.8 Å². The number of nitrogens with zero attached hydrogens (tertiary/aromatic N) is 5. The fourth-order valence-corrected chi connectivity index (χ4v) is 2.75. The number of aryl methyl sites for hydroxylation is 1. The van der Waals surface area contributed by atoms with E-state index in [4.69, 9.17) is 4.52 Å². The van der Waals surface area contributed by atoms with Crippen molar-refractivity contribution in [3.8, 4) is 11.4 Å². The highest BCUT2D eigenvalue weighted by atomic mass is 16.5. The molecule has 0 bridgehead atoms. The highest BCUT2D eigenvalue weighted by Gasteiger charge is 2.28. The lowest BCUT2D eigenvalue weighted by Crippen LogP contribution is -2.43. The molecule has 1 fully saturated rings. The van der Waals surface area contributed by atoms with Crippen molar-refractivity contribution in [3.63, 3.8) is 0 Å². The first-order valence-corrected chi connectivity index (χ1v) is 7.47. The summed E-state index contributed by atoms with van der Waals surface area (Å²) >= 11 is 0. The Morgan fingerprint density at radius 1 is 1.36 bits per heavy atom. The maximum atomic E-state index is 11.9. The minimum atomic E-state index is 0.0638. The van der Waals surface area contributed by atoms with E-state index in [1.165, 1.54) is 0 Å². The molecular formula is C15H21N5O2. The Balaban J connectivity index is 1.65. The van der Waals surface area contributed by atoms with E-state index in [-0.39, 0.29) is 11.9 Å². The summed E-state index contributed by atoms with van der Waals surface area (Å²) in [4.78, 5) is 19.9. The largest absolute Gasteiger partial charge is 0.357 e. The zero-order valence-corrected chi connectivity index (χ0v) is 13.2. The molecule has 0 radical (unpaired) electrons. The number of carbonyl (C=O) groups excluding carboxylic acids is 1. The lowest BCUT2D eigenvalue weighted by atomic mass is 9.97. The van der Waals surface area contributed by atoms with Crippen molar-refractivity contribution < 1.29 is 9.32 Å². The van der Waals surface area contributed by atoms with Crippen LogP contribution in [0.1, 0.15) is 24.7 Å². The molecule has 1 aliphatic rings. The van der Waals surface area contributed by atoms with Crippen molar-refractivity contribution in [2.24, 2.45) is 7.05 Å². The fourth-order valence-electron chi connectivity index (χ4n) is 2.75. The van der Waals surface area contributed by atoms with Crippen LogP contribution in [0, 0.1) is 0 Å². The van der Waals surface area contributed by atoms with Gasteiger partial charge in [-0.15, -0.1) is 0 Å². The van der Waals surface area contributed by atoms with Crippen LogP contribution in [0.2, 0.25) is 0 Å². The van der Waals surface area contributed by atoms with E-state index in [1.807, 2.05) is 35.0 Å². The Hall–Kier alpha value is -2.31. The van der Waals surface area contributed by atoms with Crippen LogP contribution >= 0.6 is 0 Å². The van der Waals surface area contributed by atoms with Crippen LogP contribution in [0.4, 0.5) is 4.79 Å². The lowest BCUT2D eigenvalue weighted by molar-refractivity contribution is 0.152. The molecule has 0 aromatic carbocycles. The number of aromatic nitrogens is 3. The predicted octanol–water partition coefficient (Wildman–Crippen LogP) is 1.94. The van der Waals surface area contributed by atoms with E-state index < -0.39 is 0 Å². The second-order valence-corrected chi connectivity index (χ2v) is 5.96. The fraction of sp³-hybridized carbons (Fsp3) is 0.533. The third-order valence-electron chi connectivity index (χ3n) is 4.03. The first kappa shape index (κ1) is 14.6. The summed E-state index contributed by atoms with van der Waals surface area (Å²) in [5.41, 5.74) is 0.956. The van der Waals surface area contributed by atoms with Gasteiger partial charge < -0.3 is 18.9 Å². The molecule has 0 spiro atoms. The van der Waals surface area contributed by atoms with Gasteiger partial charge >= 0.3 is 6.03 Å². The first-order chi connectivity index (χ1) is 10.5. The van der Waals surface area contributed by atoms with Crippen molar-refractivity contribution in [2.75, 3.05) is 27.2 Å². The number of carbonyl (C=O) groups is 1. The predicted molar refractivity (Wildman–Crippen MR) is 81.3 cm³/mol. The average molecular weight is 303 g/mol. The molecule has 118 valence electrons. The monoisotopic (exact) mass is 303 g/mol. The van der Waals surface area contributed by atoms with E-state index in [2.05, 4.69) is 10.1 Å². The second-order valence-electron chi connectivity index (χ2n) is 5.96. The zero-order chi connectivity index (χ0) is 15.7. The topological polar surface area (TPSA) is 67.4 Å². The van der Waals surface area contributed by atoms with Crippen molar-refractivity contribution >= 4 is 6.03 Å². The molecule has 22 heavy (non-hydrogen) atoms. The van der Waals surface area contributed by atoms with Crippen molar-refractivity contribution in [1.29, 1.82) is 0 Å². The lowest BCUT2D eigenvalue weighted by Gasteiger charge is -2.32. The number of hydrogen-bond donors (Lipinski definition) is 0. The van der Waals surface area contributed by atoms with Gasteiger partial charge in [0.25, 0.3) is 0 Å². The number of likely N-dealkylation sites (tertiary alicyclic amines) is 1. The molecule has 1 aliphatic heterocycles. The van der Waals surface area contributed by atoms with E-state index in [1.54, 1.807) is 19.0 Å². The highest BCUT2D eigenvalue weighted by molar-refractivity contribution is 5.73. The van der Waals surface area contributed by atoms with Crippen LogP contribution in [0.25, 0.3) is 11.4 Å². The Labute approximate surface area is 129 Å². The number of urea groups is 1. The van der Waals surface area contributed by atoms with Crippen LogP contribution in [-0.2, 0) is 7.05 Å². The van der Waals surface area contributed by atoms with Gasteiger partial charge in [0.05, 0.1) is 0 Å². The molecule has 1 saturated heterocycles. The Bertz CT molecular complexity index is 652. The van der Waals surface area contributed by atoms with Gasteiger partial charge in [-0.25, -0.2) is 4.79 Å². The quantitative estimate of drug-likeness (QED) is 0.850. The molecule has 3 heterocycles. The van der Waals surface area contributed by atoms with Gasteiger partial charge in [-0.05, 0) is 18.9 Å². The van der Waals surface area contributed by atoms with Crippen molar-refractivity contribution in [1.82, 2.24) is 24.5 Å². The van der Waals surface area contributed by atoms with Crippen LogP contribution in [-0.4, -0.2) is 57.7 Å². The smallest absolute Gasteiger partial charge is 0.319 e. The second kappa shape index (κ2) is 5.82. The molecule has 0 atom stereocenters. The first-order valence-electron chi connectivity index (χ1n) is 7.47. The van der Waals surface area contributed by atoms with Gasteiger partial charge in [0, 0.05) is 58.1 Å². The molecule has 0 saturated carbocycles. The molecule has 2 aromatic heterocycles. The Morgan fingerprint density at radius 3 is 2.68 bits per heavy atom. The molecule has 0 N–H and O–H groups in total. The van der Waals surface area contributed by atoms with Crippen LogP contribution < -0.4 is 0 Å². The van der Waals surface area contributed by atoms with Crippen LogP contribution in [0.15, 0.2) is 23.0 Å². The average Bonchev–Trinajstić information content (AvgIpc) is 3.15. The molecule has 0 aliphatic carbocycles. The maximum Gasteiger partial charge on any atom is 0.319 e.